The van der Waals surface area contributed by atoms with Crippen LogP contribution in [-0.4, -0.2) is 34.9 Å². The number of benzene rings is 3. The normalized spacial score (nSPS) is 14.1. The lowest BCUT2D eigenvalue weighted by Crippen LogP contribution is -2.50. The molecule has 0 amide bonds. The number of hydrogen-bond acceptors (Lipinski definition) is 5. The summed E-state index contributed by atoms with van der Waals surface area (Å²) in [4.78, 5) is 6.89. The molecule has 6 heteroatoms. The quantitative estimate of drug-likeness (QED) is 0.267. The fraction of sp³-hybridized carbons (Fsp3) is 0.300. The summed E-state index contributed by atoms with van der Waals surface area (Å²) in [5, 5.41) is 0. The fourth-order valence-electron chi connectivity index (χ4n) is 5.16. The molecule has 5 rings (SSSR count). The Hall–Kier alpha value is -3.77. The van der Waals surface area contributed by atoms with Gasteiger partial charge in [0.05, 0.1) is 25.6 Å². The smallest absolute Gasteiger partial charge is 0.231 e. The van der Waals surface area contributed by atoms with Gasteiger partial charge in [-0.05, 0) is 42.2 Å². The number of nitrogens with zero attached hydrogens (tertiary/aromatic N) is 3. The van der Waals surface area contributed by atoms with Crippen molar-refractivity contribution in [3.8, 4) is 17.2 Å². The highest BCUT2D eigenvalue weighted by Crippen LogP contribution is 2.45. The second kappa shape index (κ2) is 10.9. The molecule has 3 aromatic carbocycles. The van der Waals surface area contributed by atoms with Gasteiger partial charge >= 0.3 is 0 Å². The van der Waals surface area contributed by atoms with Gasteiger partial charge in [0, 0.05) is 24.5 Å². The largest absolute Gasteiger partial charge is 0.496 e. The van der Waals surface area contributed by atoms with E-state index in [1.54, 1.807) is 7.11 Å². The standard InChI is InChI=1S/C30H33N3O3/c1-3-4-17-33(22-32-18-16-31-21-32)30(25-10-6-5-7-11-25,26-12-8-9-13-27(26)34-2)20-24-14-15-28-29(19-24)36-23-35-28/h5-16,18-19,21H,3-4,17,20,22-23H2,1-2H3. The monoisotopic (exact) mass is 483 g/mol. The van der Waals surface area contributed by atoms with Crippen molar-refractivity contribution < 1.29 is 14.2 Å². The first-order valence-corrected chi connectivity index (χ1v) is 12.5. The van der Waals surface area contributed by atoms with Gasteiger partial charge in [-0.3, -0.25) is 4.90 Å². The summed E-state index contributed by atoms with van der Waals surface area (Å²) in [6, 6.07) is 25.4. The molecule has 1 atom stereocenters. The lowest BCUT2D eigenvalue weighted by molar-refractivity contribution is 0.0792. The molecule has 0 radical (unpaired) electrons. The van der Waals surface area contributed by atoms with Crippen LogP contribution in [0, 0.1) is 0 Å². The molecule has 0 bridgehead atoms. The van der Waals surface area contributed by atoms with Gasteiger partial charge in [0.1, 0.15) is 5.75 Å². The average molecular weight is 484 g/mol. The van der Waals surface area contributed by atoms with Gasteiger partial charge in [0.2, 0.25) is 6.79 Å². The van der Waals surface area contributed by atoms with E-state index in [-0.39, 0.29) is 6.79 Å². The molecule has 0 saturated heterocycles. The van der Waals surface area contributed by atoms with Crippen LogP contribution < -0.4 is 14.2 Å². The van der Waals surface area contributed by atoms with Crippen LogP contribution in [0.3, 0.4) is 0 Å². The fourth-order valence-corrected chi connectivity index (χ4v) is 5.16. The highest BCUT2D eigenvalue weighted by atomic mass is 16.7. The molecule has 1 unspecified atom stereocenters. The number of hydrogen-bond donors (Lipinski definition) is 0. The number of para-hydroxylation sites is 1. The van der Waals surface area contributed by atoms with Gasteiger partial charge in [-0.1, -0.05) is 67.9 Å². The molecule has 6 nitrogen and oxygen atoms in total. The van der Waals surface area contributed by atoms with Crippen LogP contribution in [0.1, 0.15) is 36.5 Å². The highest BCUT2D eigenvalue weighted by Gasteiger charge is 2.42. The lowest BCUT2D eigenvalue weighted by atomic mass is 9.76. The Morgan fingerprint density at radius 3 is 2.58 bits per heavy atom. The first-order chi connectivity index (χ1) is 17.7. The van der Waals surface area contributed by atoms with Gasteiger partial charge in [0.15, 0.2) is 11.5 Å². The molecule has 1 aliphatic rings. The van der Waals surface area contributed by atoms with Crippen LogP contribution in [0.5, 0.6) is 17.2 Å². The molecular weight excluding hydrogens is 450 g/mol. The van der Waals surface area contributed by atoms with E-state index in [0.717, 1.165) is 48.6 Å². The number of imidazole rings is 1. The Kier molecular flexibility index (Phi) is 7.23. The first-order valence-electron chi connectivity index (χ1n) is 12.5. The lowest BCUT2D eigenvalue weighted by Gasteiger charge is -2.46. The van der Waals surface area contributed by atoms with Crippen molar-refractivity contribution in [2.24, 2.45) is 0 Å². The molecule has 0 fully saturated rings. The number of unbranched alkanes of at least 4 members (excludes halogenated alkanes) is 1. The average Bonchev–Trinajstić information content (AvgIpc) is 3.62. The van der Waals surface area contributed by atoms with Gasteiger partial charge in [-0.2, -0.15) is 0 Å². The third-order valence-corrected chi connectivity index (χ3v) is 6.92. The summed E-state index contributed by atoms with van der Waals surface area (Å²) >= 11 is 0. The Bertz CT molecular complexity index is 1260. The van der Waals surface area contributed by atoms with Gasteiger partial charge in [-0.15, -0.1) is 0 Å². The van der Waals surface area contributed by atoms with Crippen molar-refractivity contribution >= 4 is 0 Å². The topological polar surface area (TPSA) is 48.8 Å². The van der Waals surface area contributed by atoms with Gasteiger partial charge < -0.3 is 18.8 Å². The van der Waals surface area contributed by atoms with E-state index in [0.29, 0.717) is 6.67 Å². The molecule has 4 aromatic rings. The summed E-state index contributed by atoms with van der Waals surface area (Å²) in [5.41, 5.74) is 3.00. The number of fused-ring (bicyclic) bond motifs is 1. The minimum Gasteiger partial charge on any atom is -0.496 e. The van der Waals surface area contributed by atoms with E-state index in [1.165, 1.54) is 11.1 Å². The van der Waals surface area contributed by atoms with E-state index >= 15 is 0 Å². The van der Waals surface area contributed by atoms with Crippen LogP contribution in [0.4, 0.5) is 0 Å². The van der Waals surface area contributed by atoms with E-state index in [9.17, 15) is 0 Å². The van der Waals surface area contributed by atoms with Crippen molar-refractivity contribution in [1.29, 1.82) is 0 Å². The van der Waals surface area contributed by atoms with Crippen LogP contribution in [0.25, 0.3) is 0 Å². The van der Waals surface area contributed by atoms with Gasteiger partial charge in [0.25, 0.3) is 0 Å². The maximum absolute atomic E-state index is 5.98. The molecule has 1 aromatic heterocycles. The Labute approximate surface area is 213 Å². The van der Waals surface area contributed by atoms with E-state index < -0.39 is 5.54 Å². The molecule has 0 saturated carbocycles. The highest BCUT2D eigenvalue weighted by molar-refractivity contribution is 5.50. The van der Waals surface area contributed by atoms with Crippen molar-refractivity contribution in [2.45, 2.75) is 38.4 Å². The predicted molar refractivity (Wildman–Crippen MR) is 140 cm³/mol. The number of aromatic nitrogens is 2. The first kappa shape index (κ1) is 23.9. The van der Waals surface area contributed by atoms with Crippen molar-refractivity contribution in [2.75, 3.05) is 20.4 Å². The van der Waals surface area contributed by atoms with E-state index in [2.05, 4.69) is 82.0 Å². The summed E-state index contributed by atoms with van der Waals surface area (Å²) in [5.74, 6) is 2.46. The van der Waals surface area contributed by atoms with Gasteiger partial charge in [-0.25, -0.2) is 4.98 Å². The minimum atomic E-state index is -0.513. The van der Waals surface area contributed by atoms with Crippen LogP contribution >= 0.6 is 0 Å². The molecule has 2 heterocycles. The molecule has 0 N–H and O–H groups in total. The maximum atomic E-state index is 5.98. The molecule has 0 aliphatic carbocycles. The van der Waals surface area contributed by atoms with E-state index in [1.807, 2.05) is 30.9 Å². The summed E-state index contributed by atoms with van der Waals surface area (Å²) in [7, 11) is 1.75. The number of rotatable bonds is 11. The Balaban J connectivity index is 1.74. The van der Waals surface area contributed by atoms with E-state index in [4.69, 9.17) is 14.2 Å². The molecular formula is C30H33N3O3. The second-order valence-electron chi connectivity index (χ2n) is 9.13. The summed E-state index contributed by atoms with van der Waals surface area (Å²) < 4.78 is 19.5. The van der Waals surface area contributed by atoms with Crippen LogP contribution in [0.15, 0.2) is 91.5 Å². The second-order valence-corrected chi connectivity index (χ2v) is 9.13. The van der Waals surface area contributed by atoms with Crippen LogP contribution in [0.2, 0.25) is 0 Å². The molecule has 36 heavy (non-hydrogen) atoms. The molecule has 186 valence electrons. The Morgan fingerprint density at radius 2 is 1.81 bits per heavy atom. The summed E-state index contributed by atoms with van der Waals surface area (Å²) in [6.07, 6.45) is 8.64. The van der Waals surface area contributed by atoms with Crippen molar-refractivity contribution in [3.05, 3.63) is 108 Å². The third-order valence-electron chi connectivity index (χ3n) is 6.92. The number of ether oxygens (including phenoxy) is 3. The predicted octanol–water partition coefficient (Wildman–Crippen LogP) is 5.87. The number of methoxy groups -OCH3 is 1. The third kappa shape index (κ3) is 4.69. The zero-order chi connectivity index (χ0) is 24.8. The zero-order valence-corrected chi connectivity index (χ0v) is 21.0. The SMILES string of the molecule is CCCCN(Cn1ccnc1)C(Cc1ccc2c(c1)OCO2)(c1ccccc1)c1ccccc1OC. The Morgan fingerprint density at radius 1 is 1.00 bits per heavy atom. The van der Waals surface area contributed by atoms with Crippen molar-refractivity contribution in [1.82, 2.24) is 14.5 Å². The molecule has 0 spiro atoms. The zero-order valence-electron chi connectivity index (χ0n) is 21.0. The maximum Gasteiger partial charge on any atom is 0.231 e. The van der Waals surface area contributed by atoms with Crippen LogP contribution in [-0.2, 0) is 18.6 Å². The summed E-state index contributed by atoms with van der Waals surface area (Å²) in [6.45, 7) is 4.10. The van der Waals surface area contributed by atoms with Crippen molar-refractivity contribution in [3.63, 3.8) is 0 Å². The minimum absolute atomic E-state index is 0.262. The molecule has 1 aliphatic heterocycles.